The Hall–Kier alpha value is -3.55. The summed E-state index contributed by atoms with van der Waals surface area (Å²) in [6.45, 7) is 1.32. The van der Waals surface area contributed by atoms with E-state index >= 15 is 0 Å². The Balaban J connectivity index is 1.50. The average molecular weight is 437 g/mol. The summed E-state index contributed by atoms with van der Waals surface area (Å²) in [6.07, 6.45) is 2.19. The lowest BCUT2D eigenvalue weighted by Gasteiger charge is -2.31. The molecule has 0 saturated carbocycles. The molecule has 1 aromatic heterocycles. The molecular formula is C24H27N3O5. The smallest absolute Gasteiger partial charge is 0.231 e. The summed E-state index contributed by atoms with van der Waals surface area (Å²) in [5, 5.41) is 4.16. The third-order valence-electron chi connectivity index (χ3n) is 5.69. The maximum atomic E-state index is 12.8. The maximum absolute atomic E-state index is 12.8. The van der Waals surface area contributed by atoms with E-state index in [1.165, 1.54) is 0 Å². The first-order valence-corrected chi connectivity index (χ1v) is 10.6. The molecule has 0 spiro atoms. The van der Waals surface area contributed by atoms with Gasteiger partial charge in [0.25, 0.3) is 0 Å². The number of benzene rings is 2. The van der Waals surface area contributed by atoms with Crippen LogP contribution in [0.25, 0.3) is 11.4 Å². The first-order valence-electron chi connectivity index (χ1n) is 10.6. The van der Waals surface area contributed by atoms with Crippen molar-refractivity contribution in [1.82, 2.24) is 15.0 Å². The van der Waals surface area contributed by atoms with Crippen molar-refractivity contribution >= 4 is 5.91 Å². The summed E-state index contributed by atoms with van der Waals surface area (Å²) >= 11 is 0. The van der Waals surface area contributed by atoms with Gasteiger partial charge in [-0.3, -0.25) is 4.79 Å². The molecule has 1 fully saturated rings. The van der Waals surface area contributed by atoms with E-state index in [4.69, 9.17) is 18.7 Å². The molecule has 2 aromatic carbocycles. The van der Waals surface area contributed by atoms with Gasteiger partial charge in [-0.25, -0.2) is 0 Å². The van der Waals surface area contributed by atoms with Crippen molar-refractivity contribution in [2.75, 3.05) is 34.4 Å². The number of hydrogen-bond acceptors (Lipinski definition) is 7. The lowest BCUT2D eigenvalue weighted by Crippen LogP contribution is -2.40. The van der Waals surface area contributed by atoms with Crippen LogP contribution in [0.4, 0.5) is 0 Å². The molecule has 1 aliphatic rings. The molecule has 1 aliphatic heterocycles. The number of methoxy groups -OCH3 is 3. The standard InChI is InChI=1S/C24H27N3O5/c1-29-19-13-18(14-20(30-2)22(19)31-3)23-25-24(32-26-23)17-10-7-11-27(15-17)21(28)12-16-8-5-4-6-9-16/h4-6,8-9,13-14,17H,7,10-12,15H2,1-3H3/t17-/m0/s1. The topological polar surface area (TPSA) is 86.9 Å². The van der Waals surface area contributed by atoms with Crippen LogP contribution in [-0.4, -0.2) is 55.4 Å². The zero-order valence-electron chi connectivity index (χ0n) is 18.5. The van der Waals surface area contributed by atoms with Crippen LogP contribution in [0.2, 0.25) is 0 Å². The molecule has 3 aromatic rings. The highest BCUT2D eigenvalue weighted by molar-refractivity contribution is 5.79. The van der Waals surface area contributed by atoms with E-state index in [0.717, 1.165) is 24.9 Å². The molecule has 4 rings (SSSR count). The van der Waals surface area contributed by atoms with E-state index in [1.807, 2.05) is 35.2 Å². The van der Waals surface area contributed by atoms with Crippen molar-refractivity contribution in [1.29, 1.82) is 0 Å². The van der Waals surface area contributed by atoms with E-state index in [0.29, 0.717) is 47.5 Å². The summed E-state index contributed by atoms with van der Waals surface area (Å²) < 4.78 is 21.8. The van der Waals surface area contributed by atoms with Gasteiger partial charge in [-0.1, -0.05) is 35.5 Å². The summed E-state index contributed by atoms with van der Waals surface area (Å²) in [5.74, 6) is 2.63. The monoisotopic (exact) mass is 437 g/mol. The summed E-state index contributed by atoms with van der Waals surface area (Å²) in [7, 11) is 4.68. The van der Waals surface area contributed by atoms with Crippen molar-refractivity contribution in [3.8, 4) is 28.6 Å². The summed E-state index contributed by atoms with van der Waals surface area (Å²) in [4.78, 5) is 19.3. The van der Waals surface area contributed by atoms with E-state index < -0.39 is 0 Å². The number of amides is 1. The van der Waals surface area contributed by atoms with Crippen molar-refractivity contribution in [2.24, 2.45) is 0 Å². The normalized spacial score (nSPS) is 16.0. The van der Waals surface area contributed by atoms with Gasteiger partial charge in [-0.2, -0.15) is 4.98 Å². The fourth-order valence-electron chi connectivity index (χ4n) is 4.02. The Morgan fingerprint density at radius 3 is 2.47 bits per heavy atom. The average Bonchev–Trinajstić information content (AvgIpc) is 3.34. The minimum atomic E-state index is 0.00626. The van der Waals surface area contributed by atoms with Crippen LogP contribution in [0, 0.1) is 0 Å². The fraction of sp³-hybridized carbons (Fsp3) is 0.375. The third kappa shape index (κ3) is 4.54. The van der Waals surface area contributed by atoms with Crippen LogP contribution < -0.4 is 14.2 Å². The molecule has 168 valence electrons. The Labute approximate surface area is 187 Å². The van der Waals surface area contributed by atoms with Crippen LogP contribution in [-0.2, 0) is 11.2 Å². The van der Waals surface area contributed by atoms with Gasteiger partial charge in [0.2, 0.25) is 23.4 Å². The number of carbonyl (C=O) groups excluding carboxylic acids is 1. The molecule has 0 N–H and O–H groups in total. The largest absolute Gasteiger partial charge is 0.493 e. The molecule has 0 unspecified atom stereocenters. The number of rotatable bonds is 7. The number of likely N-dealkylation sites (tertiary alicyclic amines) is 1. The summed E-state index contributed by atoms with van der Waals surface area (Å²) in [5.41, 5.74) is 1.71. The second kappa shape index (κ2) is 9.72. The Morgan fingerprint density at radius 2 is 1.81 bits per heavy atom. The van der Waals surface area contributed by atoms with Gasteiger partial charge in [0, 0.05) is 18.7 Å². The highest BCUT2D eigenvalue weighted by atomic mass is 16.5. The van der Waals surface area contributed by atoms with E-state index in [9.17, 15) is 4.79 Å². The van der Waals surface area contributed by atoms with Crippen LogP contribution in [0.15, 0.2) is 47.0 Å². The van der Waals surface area contributed by atoms with Crippen LogP contribution >= 0.6 is 0 Å². The predicted octanol–water partition coefficient (Wildman–Crippen LogP) is 3.71. The van der Waals surface area contributed by atoms with Gasteiger partial charge in [0.15, 0.2) is 11.5 Å². The first-order chi connectivity index (χ1) is 15.6. The minimum Gasteiger partial charge on any atom is -0.493 e. The lowest BCUT2D eigenvalue weighted by molar-refractivity contribution is -0.131. The van der Waals surface area contributed by atoms with Crippen LogP contribution in [0.5, 0.6) is 17.2 Å². The zero-order valence-corrected chi connectivity index (χ0v) is 18.5. The highest BCUT2D eigenvalue weighted by Gasteiger charge is 2.29. The number of nitrogens with zero attached hydrogens (tertiary/aromatic N) is 3. The molecule has 0 bridgehead atoms. The quantitative estimate of drug-likeness (QED) is 0.557. The van der Waals surface area contributed by atoms with Crippen LogP contribution in [0.1, 0.15) is 30.2 Å². The second-order valence-electron chi connectivity index (χ2n) is 7.71. The summed E-state index contributed by atoms with van der Waals surface area (Å²) in [6, 6.07) is 13.4. The molecule has 8 nitrogen and oxygen atoms in total. The first kappa shape index (κ1) is 21.7. The lowest BCUT2D eigenvalue weighted by atomic mass is 9.97. The number of aromatic nitrogens is 2. The zero-order chi connectivity index (χ0) is 22.5. The molecule has 1 saturated heterocycles. The van der Waals surface area contributed by atoms with Gasteiger partial charge in [0.1, 0.15) is 0 Å². The second-order valence-corrected chi connectivity index (χ2v) is 7.71. The van der Waals surface area contributed by atoms with Gasteiger partial charge in [0.05, 0.1) is 33.7 Å². The molecule has 0 aliphatic carbocycles. The molecule has 2 heterocycles. The highest BCUT2D eigenvalue weighted by Crippen LogP contribution is 2.41. The van der Waals surface area contributed by atoms with Gasteiger partial charge < -0.3 is 23.6 Å². The molecule has 1 amide bonds. The van der Waals surface area contributed by atoms with Crippen molar-refractivity contribution in [3.63, 3.8) is 0 Å². The van der Waals surface area contributed by atoms with Gasteiger partial charge in [-0.05, 0) is 30.5 Å². The Kier molecular flexibility index (Phi) is 6.58. The van der Waals surface area contributed by atoms with Crippen molar-refractivity contribution in [3.05, 3.63) is 53.9 Å². The number of piperidine rings is 1. The van der Waals surface area contributed by atoms with Crippen LogP contribution in [0.3, 0.4) is 0 Å². The van der Waals surface area contributed by atoms with Gasteiger partial charge in [-0.15, -0.1) is 0 Å². The molecule has 0 radical (unpaired) electrons. The van der Waals surface area contributed by atoms with Crippen molar-refractivity contribution in [2.45, 2.75) is 25.2 Å². The van der Waals surface area contributed by atoms with Gasteiger partial charge >= 0.3 is 0 Å². The van der Waals surface area contributed by atoms with E-state index in [1.54, 1.807) is 33.5 Å². The number of carbonyl (C=O) groups is 1. The maximum Gasteiger partial charge on any atom is 0.231 e. The predicted molar refractivity (Wildman–Crippen MR) is 118 cm³/mol. The molecule has 32 heavy (non-hydrogen) atoms. The number of hydrogen-bond donors (Lipinski definition) is 0. The Bertz CT molecular complexity index is 1040. The van der Waals surface area contributed by atoms with E-state index in [2.05, 4.69) is 10.1 Å². The molecule has 8 heteroatoms. The van der Waals surface area contributed by atoms with E-state index in [-0.39, 0.29) is 11.8 Å². The SMILES string of the molecule is COc1cc(-c2noc([C@H]3CCCN(C(=O)Cc4ccccc4)C3)n2)cc(OC)c1OC. The molecule has 1 atom stereocenters. The Morgan fingerprint density at radius 1 is 1.09 bits per heavy atom. The third-order valence-corrected chi connectivity index (χ3v) is 5.69. The fourth-order valence-corrected chi connectivity index (χ4v) is 4.02. The number of ether oxygens (including phenoxy) is 3. The minimum absolute atomic E-state index is 0.00626. The molecular weight excluding hydrogens is 410 g/mol. The van der Waals surface area contributed by atoms with Crippen molar-refractivity contribution < 1.29 is 23.5 Å².